The Morgan fingerprint density at radius 3 is 2.30 bits per heavy atom. The predicted molar refractivity (Wildman–Crippen MR) is 82.0 cm³/mol. The molecule has 0 saturated heterocycles. The van der Waals surface area contributed by atoms with E-state index in [2.05, 4.69) is 19.2 Å². The van der Waals surface area contributed by atoms with Crippen molar-refractivity contribution in [2.75, 3.05) is 26.7 Å². The summed E-state index contributed by atoms with van der Waals surface area (Å²) in [6, 6.07) is 0.252. The first kappa shape index (κ1) is 19.2. The zero-order chi connectivity index (χ0) is 15.8. The average molecular weight is 288 g/mol. The Labute approximate surface area is 124 Å². The Bertz CT molecular complexity index is 277. The maximum atomic E-state index is 12.1. The molecule has 0 bridgehead atoms. The number of ether oxygens (including phenoxy) is 2. The third-order valence-corrected chi connectivity index (χ3v) is 3.07. The molecule has 0 aromatic carbocycles. The second-order valence-electron chi connectivity index (χ2n) is 6.15. The van der Waals surface area contributed by atoms with Crippen molar-refractivity contribution in [2.24, 2.45) is 0 Å². The normalized spacial score (nSPS) is 14.8. The summed E-state index contributed by atoms with van der Waals surface area (Å²) in [4.78, 5) is 13.8. The van der Waals surface area contributed by atoms with E-state index >= 15 is 0 Å². The lowest BCUT2D eigenvalue weighted by Crippen LogP contribution is -2.44. The molecule has 20 heavy (non-hydrogen) atoms. The van der Waals surface area contributed by atoms with Crippen LogP contribution < -0.4 is 5.32 Å². The molecule has 5 heteroatoms. The molecule has 2 unspecified atom stereocenters. The lowest BCUT2D eigenvalue weighted by Gasteiger charge is -2.28. The first-order valence-corrected chi connectivity index (χ1v) is 7.45. The first-order valence-electron chi connectivity index (χ1n) is 7.45. The van der Waals surface area contributed by atoms with E-state index in [0.717, 1.165) is 13.0 Å². The molecular weight excluding hydrogens is 256 g/mol. The van der Waals surface area contributed by atoms with E-state index in [1.54, 1.807) is 12.0 Å². The highest BCUT2D eigenvalue weighted by atomic mass is 16.6. The minimum Gasteiger partial charge on any atom is -0.444 e. The van der Waals surface area contributed by atoms with Gasteiger partial charge in [-0.1, -0.05) is 6.92 Å². The predicted octanol–water partition coefficient (Wildman–Crippen LogP) is 2.65. The van der Waals surface area contributed by atoms with Crippen LogP contribution in [0, 0.1) is 0 Å². The standard InChI is InChI=1S/C15H32N2O3/c1-8-10-17(14(18)20-15(4,5)6)11-9-16-12(2)13(3)19-7/h12-13,16H,8-11H2,1-7H3. The Hall–Kier alpha value is -0.810. The van der Waals surface area contributed by atoms with Crippen LogP contribution in [0.4, 0.5) is 4.79 Å². The van der Waals surface area contributed by atoms with Gasteiger partial charge in [-0.15, -0.1) is 0 Å². The quantitative estimate of drug-likeness (QED) is 0.746. The molecule has 0 aliphatic carbocycles. The van der Waals surface area contributed by atoms with Gasteiger partial charge >= 0.3 is 6.09 Å². The summed E-state index contributed by atoms with van der Waals surface area (Å²) < 4.78 is 10.7. The Kier molecular flexibility index (Phi) is 8.81. The molecule has 0 aliphatic rings. The third kappa shape index (κ3) is 8.38. The van der Waals surface area contributed by atoms with Gasteiger partial charge in [-0.2, -0.15) is 0 Å². The van der Waals surface area contributed by atoms with Crippen LogP contribution in [0.1, 0.15) is 48.0 Å². The lowest BCUT2D eigenvalue weighted by atomic mass is 10.2. The minimum absolute atomic E-state index is 0.149. The molecule has 1 amide bonds. The Morgan fingerprint density at radius 1 is 1.25 bits per heavy atom. The maximum Gasteiger partial charge on any atom is 0.410 e. The molecule has 0 aliphatic heterocycles. The molecule has 1 N–H and O–H groups in total. The zero-order valence-corrected chi connectivity index (χ0v) is 14.2. The van der Waals surface area contributed by atoms with Gasteiger partial charge in [0.15, 0.2) is 0 Å². The number of hydrogen-bond acceptors (Lipinski definition) is 4. The first-order chi connectivity index (χ1) is 9.21. The summed E-state index contributed by atoms with van der Waals surface area (Å²) in [6.07, 6.45) is 0.827. The van der Waals surface area contributed by atoms with Crippen molar-refractivity contribution < 1.29 is 14.3 Å². The van der Waals surface area contributed by atoms with Crippen molar-refractivity contribution in [2.45, 2.75) is 65.7 Å². The van der Waals surface area contributed by atoms with Gasteiger partial charge in [0, 0.05) is 32.8 Å². The number of nitrogens with one attached hydrogen (secondary N) is 1. The van der Waals surface area contributed by atoms with Crippen LogP contribution in [0.15, 0.2) is 0 Å². The fraction of sp³-hybridized carbons (Fsp3) is 0.933. The summed E-state index contributed by atoms with van der Waals surface area (Å²) in [7, 11) is 1.70. The van der Waals surface area contributed by atoms with Crippen LogP contribution >= 0.6 is 0 Å². The van der Waals surface area contributed by atoms with Gasteiger partial charge in [0.2, 0.25) is 0 Å². The van der Waals surface area contributed by atoms with Gasteiger partial charge in [0.05, 0.1) is 6.10 Å². The third-order valence-electron chi connectivity index (χ3n) is 3.07. The molecule has 0 radical (unpaired) electrons. The minimum atomic E-state index is -0.450. The van der Waals surface area contributed by atoms with Crippen LogP contribution in [-0.4, -0.2) is 55.5 Å². The van der Waals surface area contributed by atoms with E-state index in [1.165, 1.54) is 0 Å². The van der Waals surface area contributed by atoms with Gasteiger partial charge < -0.3 is 19.7 Å². The van der Waals surface area contributed by atoms with Crippen molar-refractivity contribution >= 4 is 6.09 Å². The van der Waals surface area contributed by atoms with Gasteiger partial charge in [-0.3, -0.25) is 0 Å². The number of rotatable bonds is 8. The summed E-state index contributed by atoms with van der Waals surface area (Å²) in [6.45, 7) is 13.9. The monoisotopic (exact) mass is 288 g/mol. The van der Waals surface area contributed by atoms with E-state index < -0.39 is 5.60 Å². The van der Waals surface area contributed by atoms with Crippen molar-refractivity contribution in [3.05, 3.63) is 0 Å². The number of carbonyl (C=O) groups is 1. The average Bonchev–Trinajstić information content (AvgIpc) is 2.34. The lowest BCUT2D eigenvalue weighted by molar-refractivity contribution is 0.0246. The van der Waals surface area contributed by atoms with Crippen molar-refractivity contribution in [3.8, 4) is 0 Å². The molecular formula is C15H32N2O3. The number of nitrogens with zero attached hydrogens (tertiary/aromatic N) is 1. The van der Waals surface area contributed by atoms with E-state index in [0.29, 0.717) is 13.1 Å². The highest BCUT2D eigenvalue weighted by molar-refractivity contribution is 5.68. The molecule has 0 fully saturated rings. The van der Waals surface area contributed by atoms with Gasteiger partial charge in [0.1, 0.15) is 5.60 Å². The van der Waals surface area contributed by atoms with Gasteiger partial charge in [-0.25, -0.2) is 4.79 Å². The zero-order valence-electron chi connectivity index (χ0n) is 14.2. The molecule has 2 atom stereocenters. The molecule has 0 spiro atoms. The summed E-state index contributed by atoms with van der Waals surface area (Å²) in [5, 5.41) is 3.37. The smallest absolute Gasteiger partial charge is 0.410 e. The highest BCUT2D eigenvalue weighted by Crippen LogP contribution is 2.10. The molecule has 0 saturated carbocycles. The SMILES string of the molecule is CCCN(CCNC(C)C(C)OC)C(=O)OC(C)(C)C. The molecule has 120 valence electrons. The van der Waals surface area contributed by atoms with E-state index in [9.17, 15) is 4.79 Å². The van der Waals surface area contributed by atoms with Gasteiger partial charge in [0.25, 0.3) is 0 Å². The molecule has 5 nitrogen and oxygen atoms in total. The molecule has 0 rings (SSSR count). The maximum absolute atomic E-state index is 12.1. The summed E-state index contributed by atoms with van der Waals surface area (Å²) in [5.41, 5.74) is -0.450. The number of carbonyl (C=O) groups excluding carboxylic acids is 1. The van der Waals surface area contributed by atoms with Crippen LogP contribution in [0.25, 0.3) is 0 Å². The van der Waals surface area contributed by atoms with Crippen LogP contribution in [-0.2, 0) is 9.47 Å². The topological polar surface area (TPSA) is 50.8 Å². The van der Waals surface area contributed by atoms with Crippen molar-refractivity contribution in [3.63, 3.8) is 0 Å². The van der Waals surface area contributed by atoms with Crippen LogP contribution in [0.2, 0.25) is 0 Å². The van der Waals surface area contributed by atoms with Crippen molar-refractivity contribution in [1.82, 2.24) is 10.2 Å². The van der Waals surface area contributed by atoms with E-state index in [4.69, 9.17) is 9.47 Å². The number of methoxy groups -OCH3 is 1. The highest BCUT2D eigenvalue weighted by Gasteiger charge is 2.21. The Morgan fingerprint density at radius 2 is 1.85 bits per heavy atom. The molecule has 0 heterocycles. The van der Waals surface area contributed by atoms with Gasteiger partial charge in [-0.05, 0) is 41.0 Å². The van der Waals surface area contributed by atoms with Crippen LogP contribution in [0.3, 0.4) is 0 Å². The van der Waals surface area contributed by atoms with E-state index in [-0.39, 0.29) is 18.2 Å². The fourth-order valence-corrected chi connectivity index (χ4v) is 1.69. The molecule has 0 aromatic heterocycles. The second kappa shape index (κ2) is 9.19. The molecule has 0 aromatic rings. The summed E-state index contributed by atoms with van der Waals surface area (Å²) >= 11 is 0. The largest absolute Gasteiger partial charge is 0.444 e. The van der Waals surface area contributed by atoms with Crippen molar-refractivity contribution in [1.29, 1.82) is 0 Å². The fourth-order valence-electron chi connectivity index (χ4n) is 1.69. The second-order valence-corrected chi connectivity index (χ2v) is 6.15. The Balaban J connectivity index is 4.24. The summed E-state index contributed by atoms with van der Waals surface area (Å²) in [5.74, 6) is 0. The number of hydrogen-bond donors (Lipinski definition) is 1. The van der Waals surface area contributed by atoms with Crippen LogP contribution in [0.5, 0.6) is 0 Å². The number of amides is 1. The van der Waals surface area contributed by atoms with E-state index in [1.807, 2.05) is 27.7 Å².